The molecule has 0 saturated heterocycles. The SMILES string of the molecule is c1ccc(N(c2ccc(-c3nnco3)cc2)c2ccc3c(c2)c2ccccc2n3-c2ccccc2)cc1. The Morgan fingerprint density at radius 3 is 1.97 bits per heavy atom. The largest absolute Gasteiger partial charge is 0.423 e. The maximum absolute atomic E-state index is 5.38. The minimum atomic E-state index is 0.507. The van der Waals surface area contributed by atoms with Gasteiger partial charge in [0.05, 0.1) is 11.0 Å². The molecule has 0 spiro atoms. The average molecular weight is 479 g/mol. The van der Waals surface area contributed by atoms with E-state index in [1.165, 1.54) is 28.2 Å². The minimum Gasteiger partial charge on any atom is -0.423 e. The second kappa shape index (κ2) is 8.81. The zero-order valence-electron chi connectivity index (χ0n) is 19.9. The number of fused-ring (bicyclic) bond motifs is 3. The fourth-order valence-electron chi connectivity index (χ4n) is 5.03. The van der Waals surface area contributed by atoms with Crippen molar-refractivity contribution in [2.45, 2.75) is 0 Å². The van der Waals surface area contributed by atoms with Crippen LogP contribution >= 0.6 is 0 Å². The second-order valence-electron chi connectivity index (χ2n) is 8.85. The van der Waals surface area contributed by atoms with Crippen molar-refractivity contribution in [3.05, 3.63) is 134 Å². The topological polar surface area (TPSA) is 47.1 Å². The first-order chi connectivity index (χ1) is 18.4. The Hall–Kier alpha value is -5.16. The van der Waals surface area contributed by atoms with Crippen molar-refractivity contribution in [3.63, 3.8) is 0 Å². The summed E-state index contributed by atoms with van der Waals surface area (Å²) in [6.07, 6.45) is 1.35. The van der Waals surface area contributed by atoms with Crippen LogP contribution in [0.5, 0.6) is 0 Å². The van der Waals surface area contributed by atoms with Gasteiger partial charge in [-0.3, -0.25) is 0 Å². The monoisotopic (exact) mass is 478 g/mol. The Morgan fingerprint density at radius 1 is 0.568 bits per heavy atom. The van der Waals surface area contributed by atoms with Gasteiger partial charge in [0, 0.05) is 39.1 Å². The summed E-state index contributed by atoms with van der Waals surface area (Å²) in [6, 6.07) is 44.4. The molecular formula is C32H22N4O. The van der Waals surface area contributed by atoms with E-state index in [0.29, 0.717) is 5.89 Å². The van der Waals surface area contributed by atoms with Crippen molar-refractivity contribution in [1.29, 1.82) is 0 Å². The number of para-hydroxylation sites is 3. The molecule has 0 saturated carbocycles. The maximum Gasteiger partial charge on any atom is 0.247 e. The first-order valence-corrected chi connectivity index (χ1v) is 12.2. The third kappa shape index (κ3) is 3.65. The van der Waals surface area contributed by atoms with Gasteiger partial charge >= 0.3 is 0 Å². The van der Waals surface area contributed by atoms with Crippen LogP contribution in [0.15, 0.2) is 138 Å². The van der Waals surface area contributed by atoms with Crippen molar-refractivity contribution in [3.8, 4) is 17.1 Å². The Labute approximate surface area is 213 Å². The normalized spacial score (nSPS) is 11.2. The van der Waals surface area contributed by atoms with Crippen LogP contribution in [0.4, 0.5) is 17.1 Å². The lowest BCUT2D eigenvalue weighted by molar-refractivity contribution is 0.568. The highest BCUT2D eigenvalue weighted by atomic mass is 16.4. The molecule has 0 fully saturated rings. The average Bonchev–Trinajstić information content (AvgIpc) is 3.62. The Kier molecular flexibility index (Phi) is 5.03. The van der Waals surface area contributed by atoms with Crippen molar-refractivity contribution in [2.24, 2.45) is 0 Å². The maximum atomic E-state index is 5.38. The number of benzene rings is 5. The molecule has 7 aromatic rings. The third-order valence-electron chi connectivity index (χ3n) is 6.68. The van der Waals surface area contributed by atoms with Gasteiger partial charge in [-0.25, -0.2) is 0 Å². The van der Waals surface area contributed by atoms with Crippen LogP contribution in [-0.2, 0) is 0 Å². The van der Waals surface area contributed by atoms with E-state index >= 15 is 0 Å². The summed E-state index contributed by atoms with van der Waals surface area (Å²) in [7, 11) is 0. The quantitative estimate of drug-likeness (QED) is 0.250. The smallest absolute Gasteiger partial charge is 0.247 e. The molecule has 2 aromatic heterocycles. The molecule has 0 N–H and O–H groups in total. The predicted molar refractivity (Wildman–Crippen MR) is 149 cm³/mol. The lowest BCUT2D eigenvalue weighted by atomic mass is 10.1. The molecule has 0 amide bonds. The fraction of sp³-hybridized carbons (Fsp3) is 0. The van der Waals surface area contributed by atoms with Crippen molar-refractivity contribution >= 4 is 38.9 Å². The number of hydrogen-bond acceptors (Lipinski definition) is 4. The van der Waals surface area contributed by atoms with Crippen LogP contribution in [0.3, 0.4) is 0 Å². The molecule has 0 aliphatic rings. The van der Waals surface area contributed by atoms with Crippen LogP contribution in [0.2, 0.25) is 0 Å². The van der Waals surface area contributed by atoms with Gasteiger partial charge in [-0.2, -0.15) is 0 Å². The summed E-state index contributed by atoms with van der Waals surface area (Å²) in [6.45, 7) is 0. The lowest BCUT2D eigenvalue weighted by Gasteiger charge is -2.25. The summed E-state index contributed by atoms with van der Waals surface area (Å²) >= 11 is 0. The molecule has 5 heteroatoms. The molecular weight excluding hydrogens is 456 g/mol. The van der Waals surface area contributed by atoms with E-state index in [0.717, 1.165) is 28.3 Å². The second-order valence-corrected chi connectivity index (χ2v) is 8.85. The van der Waals surface area contributed by atoms with Crippen LogP contribution in [0.25, 0.3) is 38.9 Å². The first kappa shape index (κ1) is 21.1. The third-order valence-corrected chi connectivity index (χ3v) is 6.68. The van der Waals surface area contributed by atoms with Crippen LogP contribution < -0.4 is 4.90 Å². The van der Waals surface area contributed by atoms with Gasteiger partial charge in [0.2, 0.25) is 12.3 Å². The van der Waals surface area contributed by atoms with Crippen LogP contribution in [0.1, 0.15) is 0 Å². The molecule has 5 aromatic carbocycles. The molecule has 2 heterocycles. The number of nitrogens with zero attached hydrogens (tertiary/aromatic N) is 4. The van der Waals surface area contributed by atoms with E-state index < -0.39 is 0 Å². The number of anilines is 3. The lowest BCUT2D eigenvalue weighted by Crippen LogP contribution is -2.09. The predicted octanol–water partition coefficient (Wildman–Crippen LogP) is 8.30. The highest BCUT2D eigenvalue weighted by Gasteiger charge is 2.17. The zero-order valence-corrected chi connectivity index (χ0v) is 19.9. The van der Waals surface area contributed by atoms with E-state index in [4.69, 9.17) is 4.42 Å². The van der Waals surface area contributed by atoms with Crippen molar-refractivity contribution < 1.29 is 4.42 Å². The molecule has 5 nitrogen and oxygen atoms in total. The molecule has 0 atom stereocenters. The van der Waals surface area contributed by atoms with E-state index in [2.05, 4.69) is 129 Å². The zero-order chi connectivity index (χ0) is 24.6. The molecule has 0 aliphatic heterocycles. The summed E-state index contributed by atoms with van der Waals surface area (Å²) in [5.41, 5.74) is 7.61. The molecule has 176 valence electrons. The van der Waals surface area contributed by atoms with E-state index in [9.17, 15) is 0 Å². The van der Waals surface area contributed by atoms with Gasteiger partial charge < -0.3 is 13.9 Å². The Balaban J connectivity index is 1.42. The molecule has 0 unspecified atom stereocenters. The number of hydrogen-bond donors (Lipinski definition) is 0. The summed E-state index contributed by atoms with van der Waals surface area (Å²) in [5, 5.41) is 10.3. The van der Waals surface area contributed by atoms with Crippen molar-refractivity contribution in [1.82, 2.24) is 14.8 Å². The van der Waals surface area contributed by atoms with Crippen LogP contribution in [0, 0.1) is 0 Å². The van der Waals surface area contributed by atoms with Gasteiger partial charge in [-0.1, -0.05) is 54.6 Å². The summed E-state index contributed by atoms with van der Waals surface area (Å²) in [5.74, 6) is 0.507. The summed E-state index contributed by atoms with van der Waals surface area (Å²) in [4.78, 5) is 2.27. The van der Waals surface area contributed by atoms with Crippen LogP contribution in [-0.4, -0.2) is 14.8 Å². The highest BCUT2D eigenvalue weighted by Crippen LogP contribution is 2.39. The van der Waals surface area contributed by atoms with Gasteiger partial charge in [-0.15, -0.1) is 10.2 Å². The standard InChI is InChI=1S/C32H22N4O/c1-3-9-24(10-4-1)35(26-17-15-23(16-18-26)32-34-33-22-37-32)27-19-20-31-29(21-27)28-13-7-8-14-30(28)36(31)25-11-5-2-6-12-25/h1-22H. The Morgan fingerprint density at radius 2 is 1.22 bits per heavy atom. The molecule has 0 aliphatic carbocycles. The number of aromatic nitrogens is 3. The first-order valence-electron chi connectivity index (χ1n) is 12.2. The Bertz CT molecular complexity index is 1810. The highest BCUT2D eigenvalue weighted by molar-refractivity contribution is 6.10. The molecule has 0 radical (unpaired) electrons. The molecule has 0 bridgehead atoms. The number of rotatable bonds is 5. The summed E-state index contributed by atoms with van der Waals surface area (Å²) < 4.78 is 7.71. The minimum absolute atomic E-state index is 0.507. The fourth-order valence-corrected chi connectivity index (χ4v) is 5.03. The van der Waals surface area contributed by atoms with Gasteiger partial charge in [0.15, 0.2) is 0 Å². The van der Waals surface area contributed by atoms with E-state index in [-0.39, 0.29) is 0 Å². The van der Waals surface area contributed by atoms with Gasteiger partial charge in [0.1, 0.15) is 0 Å². The van der Waals surface area contributed by atoms with Gasteiger partial charge in [-0.05, 0) is 72.8 Å². The van der Waals surface area contributed by atoms with Gasteiger partial charge in [0.25, 0.3) is 0 Å². The van der Waals surface area contributed by atoms with Crippen molar-refractivity contribution in [2.75, 3.05) is 4.90 Å². The van der Waals surface area contributed by atoms with E-state index in [1.54, 1.807) is 0 Å². The van der Waals surface area contributed by atoms with E-state index in [1.807, 2.05) is 18.2 Å². The molecule has 7 rings (SSSR count). The molecule has 37 heavy (non-hydrogen) atoms.